The molecule has 0 aliphatic carbocycles. The standard InChI is InChI=1S/C13H15FN2S/c1-3-15-9(2)12-8-16-13(17-12)10-6-4-5-7-11(10)14/h4-9,15H,3H2,1-2H3. The molecule has 1 unspecified atom stereocenters. The van der Waals surface area contributed by atoms with Crippen molar-refractivity contribution in [3.63, 3.8) is 0 Å². The Bertz CT molecular complexity index is 496. The van der Waals surface area contributed by atoms with Crippen molar-refractivity contribution in [2.24, 2.45) is 0 Å². The number of hydrogen-bond donors (Lipinski definition) is 1. The third-order valence-corrected chi connectivity index (χ3v) is 3.78. The van der Waals surface area contributed by atoms with Gasteiger partial charge in [0.25, 0.3) is 0 Å². The Labute approximate surface area is 105 Å². The highest BCUT2D eigenvalue weighted by Gasteiger charge is 2.12. The van der Waals surface area contributed by atoms with Gasteiger partial charge in [0.2, 0.25) is 0 Å². The number of benzene rings is 1. The first-order valence-corrected chi connectivity index (χ1v) is 6.48. The number of aromatic nitrogens is 1. The third kappa shape index (κ3) is 2.70. The number of nitrogens with one attached hydrogen (secondary N) is 1. The molecule has 1 aromatic heterocycles. The number of hydrogen-bond acceptors (Lipinski definition) is 3. The van der Waals surface area contributed by atoms with Gasteiger partial charge in [-0.05, 0) is 25.6 Å². The maximum atomic E-state index is 13.6. The average molecular weight is 250 g/mol. The van der Waals surface area contributed by atoms with Gasteiger partial charge in [0, 0.05) is 22.7 Å². The van der Waals surface area contributed by atoms with Crippen LogP contribution in [0.15, 0.2) is 30.5 Å². The van der Waals surface area contributed by atoms with E-state index in [2.05, 4.69) is 24.1 Å². The fraction of sp³-hybridized carbons (Fsp3) is 0.308. The highest BCUT2D eigenvalue weighted by molar-refractivity contribution is 7.15. The van der Waals surface area contributed by atoms with Crippen molar-refractivity contribution in [3.05, 3.63) is 41.2 Å². The summed E-state index contributed by atoms with van der Waals surface area (Å²) in [6.07, 6.45) is 1.82. The van der Waals surface area contributed by atoms with E-state index in [9.17, 15) is 4.39 Å². The molecule has 0 aliphatic heterocycles. The van der Waals surface area contributed by atoms with Crippen LogP contribution in [0.3, 0.4) is 0 Å². The predicted molar refractivity (Wildman–Crippen MR) is 69.6 cm³/mol. The van der Waals surface area contributed by atoms with E-state index in [4.69, 9.17) is 0 Å². The zero-order valence-electron chi connectivity index (χ0n) is 9.90. The van der Waals surface area contributed by atoms with Crippen molar-refractivity contribution in [3.8, 4) is 10.6 Å². The minimum atomic E-state index is -0.218. The minimum absolute atomic E-state index is 0.218. The first-order chi connectivity index (χ1) is 8.22. The van der Waals surface area contributed by atoms with Crippen LogP contribution in [0.5, 0.6) is 0 Å². The van der Waals surface area contributed by atoms with Crippen LogP contribution in [0.1, 0.15) is 24.8 Å². The molecule has 0 aliphatic rings. The lowest BCUT2D eigenvalue weighted by Crippen LogP contribution is -2.16. The van der Waals surface area contributed by atoms with Gasteiger partial charge in [-0.2, -0.15) is 0 Å². The van der Waals surface area contributed by atoms with Gasteiger partial charge in [0.05, 0.1) is 0 Å². The third-order valence-electron chi connectivity index (χ3n) is 2.56. The molecule has 0 amide bonds. The maximum Gasteiger partial charge on any atom is 0.133 e. The molecule has 17 heavy (non-hydrogen) atoms. The summed E-state index contributed by atoms with van der Waals surface area (Å²) in [5.74, 6) is -0.218. The summed E-state index contributed by atoms with van der Waals surface area (Å²) in [4.78, 5) is 5.42. The van der Waals surface area contributed by atoms with Crippen LogP contribution in [-0.4, -0.2) is 11.5 Å². The Kier molecular flexibility index (Phi) is 3.86. The fourth-order valence-corrected chi connectivity index (χ4v) is 2.62. The van der Waals surface area contributed by atoms with Crippen LogP contribution >= 0.6 is 11.3 Å². The lowest BCUT2D eigenvalue weighted by Gasteiger charge is -2.08. The topological polar surface area (TPSA) is 24.9 Å². The Morgan fingerprint density at radius 2 is 2.18 bits per heavy atom. The molecule has 1 heterocycles. The molecule has 0 bridgehead atoms. The Hall–Kier alpha value is -1.26. The molecule has 0 spiro atoms. The van der Waals surface area contributed by atoms with Gasteiger partial charge in [-0.3, -0.25) is 0 Å². The van der Waals surface area contributed by atoms with E-state index >= 15 is 0 Å². The van der Waals surface area contributed by atoms with Crippen molar-refractivity contribution in [1.29, 1.82) is 0 Å². The SMILES string of the molecule is CCNC(C)c1cnc(-c2ccccc2F)s1. The molecular formula is C13H15FN2S. The van der Waals surface area contributed by atoms with Crippen LogP contribution < -0.4 is 5.32 Å². The second kappa shape index (κ2) is 5.38. The van der Waals surface area contributed by atoms with E-state index in [1.165, 1.54) is 17.4 Å². The predicted octanol–water partition coefficient (Wildman–Crippen LogP) is 3.62. The number of rotatable bonds is 4. The van der Waals surface area contributed by atoms with Crippen molar-refractivity contribution in [2.45, 2.75) is 19.9 Å². The zero-order valence-corrected chi connectivity index (χ0v) is 10.7. The van der Waals surface area contributed by atoms with E-state index < -0.39 is 0 Å². The van der Waals surface area contributed by atoms with Gasteiger partial charge in [0.1, 0.15) is 10.8 Å². The minimum Gasteiger partial charge on any atom is -0.310 e. The first-order valence-electron chi connectivity index (χ1n) is 5.66. The van der Waals surface area contributed by atoms with Gasteiger partial charge in [-0.1, -0.05) is 19.1 Å². The van der Waals surface area contributed by atoms with E-state index in [0.29, 0.717) is 5.56 Å². The molecule has 0 fully saturated rings. The molecule has 0 radical (unpaired) electrons. The van der Waals surface area contributed by atoms with E-state index in [0.717, 1.165) is 16.4 Å². The van der Waals surface area contributed by atoms with E-state index in [-0.39, 0.29) is 11.9 Å². The lowest BCUT2D eigenvalue weighted by molar-refractivity contribution is 0.606. The molecule has 1 aromatic carbocycles. The van der Waals surface area contributed by atoms with Crippen molar-refractivity contribution in [1.82, 2.24) is 10.3 Å². The highest BCUT2D eigenvalue weighted by Crippen LogP contribution is 2.30. The fourth-order valence-electron chi connectivity index (χ4n) is 1.65. The number of halogens is 1. The lowest BCUT2D eigenvalue weighted by atomic mass is 10.2. The van der Waals surface area contributed by atoms with Gasteiger partial charge < -0.3 is 5.32 Å². The van der Waals surface area contributed by atoms with Gasteiger partial charge in [-0.15, -0.1) is 11.3 Å². The molecule has 2 rings (SSSR count). The van der Waals surface area contributed by atoms with Crippen molar-refractivity contribution in [2.75, 3.05) is 6.54 Å². The quantitative estimate of drug-likeness (QED) is 0.896. The van der Waals surface area contributed by atoms with Gasteiger partial charge in [0.15, 0.2) is 0 Å². The summed E-state index contributed by atoms with van der Waals surface area (Å²) in [5.41, 5.74) is 0.576. The van der Waals surface area contributed by atoms with Crippen LogP contribution in [-0.2, 0) is 0 Å². The molecule has 0 saturated heterocycles. The van der Waals surface area contributed by atoms with Gasteiger partial charge >= 0.3 is 0 Å². The van der Waals surface area contributed by atoms with Crippen molar-refractivity contribution >= 4 is 11.3 Å². The zero-order chi connectivity index (χ0) is 12.3. The molecule has 90 valence electrons. The van der Waals surface area contributed by atoms with E-state index in [1.807, 2.05) is 12.3 Å². The van der Waals surface area contributed by atoms with Gasteiger partial charge in [-0.25, -0.2) is 9.37 Å². The van der Waals surface area contributed by atoms with Crippen LogP contribution in [0, 0.1) is 5.82 Å². The Morgan fingerprint density at radius 1 is 1.41 bits per heavy atom. The highest BCUT2D eigenvalue weighted by atomic mass is 32.1. The van der Waals surface area contributed by atoms with Crippen LogP contribution in [0.2, 0.25) is 0 Å². The molecule has 2 nitrogen and oxygen atoms in total. The Balaban J connectivity index is 2.27. The first kappa shape index (κ1) is 12.2. The van der Waals surface area contributed by atoms with E-state index in [1.54, 1.807) is 12.1 Å². The number of nitrogens with zero attached hydrogens (tertiary/aromatic N) is 1. The second-order valence-corrected chi connectivity index (χ2v) is 4.89. The molecule has 0 saturated carbocycles. The normalized spacial score (nSPS) is 12.6. The summed E-state index contributed by atoms with van der Waals surface area (Å²) in [6, 6.07) is 7.00. The molecule has 2 aromatic rings. The number of thiazole rings is 1. The second-order valence-electron chi connectivity index (χ2n) is 3.83. The molecule has 1 atom stereocenters. The Morgan fingerprint density at radius 3 is 2.88 bits per heavy atom. The van der Waals surface area contributed by atoms with Crippen LogP contribution in [0.25, 0.3) is 10.6 Å². The summed E-state index contributed by atoms with van der Waals surface area (Å²) >= 11 is 1.53. The molecule has 4 heteroatoms. The molecular weight excluding hydrogens is 235 g/mol. The monoisotopic (exact) mass is 250 g/mol. The summed E-state index contributed by atoms with van der Waals surface area (Å²) < 4.78 is 13.6. The summed E-state index contributed by atoms with van der Waals surface area (Å²) in [5, 5.41) is 4.06. The largest absolute Gasteiger partial charge is 0.310 e. The molecule has 1 N–H and O–H groups in total. The van der Waals surface area contributed by atoms with Crippen LogP contribution in [0.4, 0.5) is 4.39 Å². The average Bonchev–Trinajstić information content (AvgIpc) is 2.79. The van der Waals surface area contributed by atoms with Crippen molar-refractivity contribution < 1.29 is 4.39 Å². The smallest absolute Gasteiger partial charge is 0.133 e. The summed E-state index contributed by atoms with van der Waals surface area (Å²) in [6.45, 7) is 5.06. The maximum absolute atomic E-state index is 13.6. The summed E-state index contributed by atoms with van der Waals surface area (Å²) in [7, 11) is 0.